The van der Waals surface area contributed by atoms with Crippen molar-refractivity contribution in [3.05, 3.63) is 28.2 Å². The molecule has 3 heterocycles. The van der Waals surface area contributed by atoms with Gasteiger partial charge < -0.3 is 10.4 Å². The Bertz CT molecular complexity index is 1240. The topological polar surface area (TPSA) is 117 Å². The zero-order valence-corrected chi connectivity index (χ0v) is 19.8. The Morgan fingerprint density at radius 1 is 1.26 bits per heavy atom. The lowest BCUT2D eigenvalue weighted by atomic mass is 9.93. The van der Waals surface area contributed by atoms with Gasteiger partial charge in [0.05, 0.1) is 5.60 Å². The van der Waals surface area contributed by atoms with Crippen molar-refractivity contribution in [2.45, 2.75) is 69.6 Å². The molecular formula is C21H28F3N5O4S. The molecule has 2 aromatic heterocycles. The van der Waals surface area contributed by atoms with Crippen LogP contribution in [0, 0.1) is 12.8 Å². The predicted molar refractivity (Wildman–Crippen MR) is 120 cm³/mol. The van der Waals surface area contributed by atoms with Gasteiger partial charge in [-0.15, -0.1) is 0 Å². The van der Waals surface area contributed by atoms with Crippen LogP contribution in [-0.4, -0.2) is 62.6 Å². The Morgan fingerprint density at radius 2 is 1.94 bits per heavy atom. The fourth-order valence-corrected chi connectivity index (χ4v) is 5.83. The van der Waals surface area contributed by atoms with Crippen molar-refractivity contribution in [1.29, 1.82) is 0 Å². The molecule has 188 valence electrons. The number of anilines is 1. The molecule has 1 aliphatic heterocycles. The second-order valence-electron chi connectivity index (χ2n) is 9.43. The number of aliphatic hydroxyl groups is 1. The van der Waals surface area contributed by atoms with Crippen LogP contribution in [0.15, 0.2) is 17.1 Å². The molecule has 2 N–H and O–H groups in total. The lowest BCUT2D eigenvalue weighted by Gasteiger charge is -2.31. The molecule has 1 saturated carbocycles. The van der Waals surface area contributed by atoms with Crippen LogP contribution < -0.4 is 10.9 Å². The standard InChI is InChI=1S/C21H28F3N5O4S/c1-13-10-14-11-25-19(26-16-5-8-28(9-6-16)34(32,33)21(22,23)24)27-17(14)29(18(13)30)12-15-4-3-7-20(15,2)31/h10-11,15-16,31H,3-9,12H2,1-2H3,(H,25,26,27)/t15-,20+/m0/s1. The Morgan fingerprint density at radius 3 is 2.53 bits per heavy atom. The van der Waals surface area contributed by atoms with E-state index in [1.54, 1.807) is 30.7 Å². The molecule has 2 aliphatic rings. The number of alkyl halides is 3. The van der Waals surface area contributed by atoms with E-state index in [0.29, 0.717) is 33.9 Å². The quantitative estimate of drug-likeness (QED) is 0.643. The number of nitrogens with one attached hydrogen (secondary N) is 1. The molecule has 2 aromatic rings. The summed E-state index contributed by atoms with van der Waals surface area (Å²) in [6.07, 6.45) is 4.22. The van der Waals surface area contributed by atoms with Crippen LogP contribution in [-0.2, 0) is 16.6 Å². The van der Waals surface area contributed by atoms with Gasteiger partial charge in [-0.3, -0.25) is 9.36 Å². The number of aromatic nitrogens is 3. The number of hydrogen-bond donors (Lipinski definition) is 2. The van der Waals surface area contributed by atoms with E-state index in [-0.39, 0.29) is 49.4 Å². The Hall–Kier alpha value is -2.25. The van der Waals surface area contributed by atoms with Crippen molar-refractivity contribution in [3.8, 4) is 0 Å². The molecule has 0 radical (unpaired) electrons. The molecule has 9 nitrogen and oxygen atoms in total. The number of hydrogen-bond acceptors (Lipinski definition) is 7. The van der Waals surface area contributed by atoms with Crippen molar-refractivity contribution >= 4 is 27.0 Å². The fraction of sp³-hybridized carbons (Fsp3) is 0.667. The van der Waals surface area contributed by atoms with Gasteiger partial charge in [-0.1, -0.05) is 6.42 Å². The van der Waals surface area contributed by atoms with Crippen LogP contribution in [0.3, 0.4) is 0 Å². The molecular weight excluding hydrogens is 475 g/mol. The smallest absolute Gasteiger partial charge is 0.390 e. The fourth-order valence-electron chi connectivity index (χ4n) is 4.84. The summed E-state index contributed by atoms with van der Waals surface area (Å²) in [6, 6.07) is 1.38. The van der Waals surface area contributed by atoms with Crippen LogP contribution >= 0.6 is 0 Å². The number of fused-ring (bicyclic) bond motifs is 1. The molecule has 0 unspecified atom stereocenters. The first-order chi connectivity index (χ1) is 15.8. The number of aryl methyl sites for hydroxylation is 1. The second kappa shape index (κ2) is 8.76. The summed E-state index contributed by atoms with van der Waals surface area (Å²) in [5.74, 6) is 0.112. The third-order valence-corrected chi connectivity index (χ3v) is 8.57. The third kappa shape index (κ3) is 4.65. The average Bonchev–Trinajstić information content (AvgIpc) is 3.09. The first-order valence-corrected chi connectivity index (χ1v) is 12.7. The van der Waals surface area contributed by atoms with Gasteiger partial charge in [0.2, 0.25) is 5.95 Å². The van der Waals surface area contributed by atoms with Gasteiger partial charge in [-0.2, -0.15) is 22.5 Å². The van der Waals surface area contributed by atoms with Crippen LogP contribution in [0.25, 0.3) is 11.0 Å². The maximum absolute atomic E-state index is 12.9. The lowest BCUT2D eigenvalue weighted by Crippen LogP contribution is -2.47. The Kier molecular flexibility index (Phi) is 6.40. The summed E-state index contributed by atoms with van der Waals surface area (Å²) in [5.41, 5.74) is -5.44. The zero-order chi connectivity index (χ0) is 24.9. The van der Waals surface area contributed by atoms with E-state index in [1.807, 2.05) is 0 Å². The number of sulfonamides is 1. The SMILES string of the molecule is Cc1cc2cnc(NC3CCN(S(=O)(=O)C(F)(F)F)CC3)nc2n(C[C@@H]2CCC[C@@]2(C)O)c1=O. The highest BCUT2D eigenvalue weighted by Crippen LogP contribution is 2.36. The van der Waals surface area contributed by atoms with E-state index in [2.05, 4.69) is 15.3 Å². The molecule has 0 bridgehead atoms. The summed E-state index contributed by atoms with van der Waals surface area (Å²) in [4.78, 5) is 21.7. The molecule has 34 heavy (non-hydrogen) atoms. The van der Waals surface area contributed by atoms with Gasteiger partial charge in [0.1, 0.15) is 5.65 Å². The van der Waals surface area contributed by atoms with E-state index in [1.165, 1.54) is 0 Å². The van der Waals surface area contributed by atoms with E-state index in [0.717, 1.165) is 12.8 Å². The monoisotopic (exact) mass is 503 g/mol. The minimum atomic E-state index is -5.34. The predicted octanol–water partition coefficient (Wildman–Crippen LogP) is 2.38. The van der Waals surface area contributed by atoms with Gasteiger partial charge in [-0.25, -0.2) is 13.4 Å². The number of halogens is 3. The maximum Gasteiger partial charge on any atom is 0.511 e. The van der Waals surface area contributed by atoms with Crippen molar-refractivity contribution in [1.82, 2.24) is 18.8 Å². The molecule has 2 atom stereocenters. The van der Waals surface area contributed by atoms with Crippen LogP contribution in [0.5, 0.6) is 0 Å². The van der Waals surface area contributed by atoms with Gasteiger partial charge in [0.15, 0.2) is 0 Å². The summed E-state index contributed by atoms with van der Waals surface area (Å²) < 4.78 is 63.6. The van der Waals surface area contributed by atoms with E-state index in [4.69, 9.17) is 0 Å². The van der Waals surface area contributed by atoms with E-state index < -0.39 is 21.1 Å². The average molecular weight is 504 g/mol. The number of nitrogens with zero attached hydrogens (tertiary/aromatic N) is 4. The summed E-state index contributed by atoms with van der Waals surface area (Å²) in [7, 11) is -5.34. The van der Waals surface area contributed by atoms with Gasteiger partial charge >= 0.3 is 15.5 Å². The minimum absolute atomic E-state index is 0.0958. The first-order valence-electron chi connectivity index (χ1n) is 11.2. The second-order valence-corrected chi connectivity index (χ2v) is 11.4. The molecule has 0 aromatic carbocycles. The Balaban J connectivity index is 1.55. The van der Waals surface area contributed by atoms with Crippen LogP contribution in [0.1, 0.15) is 44.6 Å². The summed E-state index contributed by atoms with van der Waals surface area (Å²) in [5, 5.41) is 14.4. The van der Waals surface area contributed by atoms with E-state index in [9.17, 15) is 31.5 Å². The van der Waals surface area contributed by atoms with Crippen LogP contribution in [0.4, 0.5) is 19.1 Å². The number of rotatable bonds is 5. The maximum atomic E-state index is 12.9. The normalized spacial score (nSPS) is 25.2. The molecule has 1 saturated heterocycles. The number of piperidine rings is 1. The minimum Gasteiger partial charge on any atom is -0.390 e. The molecule has 0 amide bonds. The van der Waals surface area contributed by atoms with Crippen molar-refractivity contribution in [2.75, 3.05) is 18.4 Å². The molecule has 2 fully saturated rings. The van der Waals surface area contributed by atoms with Crippen molar-refractivity contribution in [2.24, 2.45) is 5.92 Å². The van der Waals surface area contributed by atoms with E-state index >= 15 is 0 Å². The van der Waals surface area contributed by atoms with Gasteiger partial charge in [-0.05, 0) is 45.6 Å². The van der Waals surface area contributed by atoms with Crippen LogP contribution in [0.2, 0.25) is 0 Å². The molecule has 4 rings (SSSR count). The molecule has 0 spiro atoms. The zero-order valence-electron chi connectivity index (χ0n) is 19.0. The van der Waals surface area contributed by atoms with Gasteiger partial charge in [0, 0.05) is 48.7 Å². The highest BCUT2D eigenvalue weighted by atomic mass is 32.2. The molecule has 1 aliphatic carbocycles. The third-order valence-electron chi connectivity index (χ3n) is 6.94. The van der Waals surface area contributed by atoms with Crippen molar-refractivity contribution < 1.29 is 26.7 Å². The highest BCUT2D eigenvalue weighted by Gasteiger charge is 2.50. The number of pyridine rings is 1. The summed E-state index contributed by atoms with van der Waals surface area (Å²) >= 11 is 0. The summed E-state index contributed by atoms with van der Waals surface area (Å²) in [6.45, 7) is 3.26. The largest absolute Gasteiger partial charge is 0.511 e. The first kappa shape index (κ1) is 24.9. The highest BCUT2D eigenvalue weighted by molar-refractivity contribution is 7.90. The lowest BCUT2D eigenvalue weighted by molar-refractivity contribution is -0.0494. The van der Waals surface area contributed by atoms with Gasteiger partial charge in [0.25, 0.3) is 5.56 Å². The molecule has 13 heteroatoms. The van der Waals surface area contributed by atoms with Crippen molar-refractivity contribution in [3.63, 3.8) is 0 Å². The Labute approximate surface area is 195 Å².